The average Bonchev–Trinajstić information content (AvgIpc) is 2.70. The van der Waals surface area contributed by atoms with Gasteiger partial charge in [-0.15, -0.1) is 0 Å². The lowest BCUT2D eigenvalue weighted by atomic mass is 10.1. The standard InChI is InChI=1S/C21H25FN4OS/c1-2-16-5-3-4-6-19(16)24-20(27)15-25-11-13-26(14-12-25)21(28)23-18-9-7-17(22)8-10-18/h3-10H,2,11-15H2,1H3,(H,23,28)(H,24,27)/p+1. The molecule has 1 heterocycles. The molecule has 0 bridgehead atoms. The minimum Gasteiger partial charge on any atom is -0.338 e. The number of piperazine rings is 1. The molecule has 3 N–H and O–H groups in total. The number of nitrogens with one attached hydrogen (secondary N) is 3. The third-order valence-corrected chi connectivity index (χ3v) is 5.30. The van der Waals surface area contributed by atoms with E-state index in [-0.39, 0.29) is 11.7 Å². The van der Waals surface area contributed by atoms with Crippen LogP contribution in [0, 0.1) is 5.82 Å². The van der Waals surface area contributed by atoms with Crippen LogP contribution in [0.5, 0.6) is 0 Å². The number of hydrogen-bond donors (Lipinski definition) is 3. The molecule has 5 nitrogen and oxygen atoms in total. The molecule has 28 heavy (non-hydrogen) atoms. The van der Waals surface area contributed by atoms with Gasteiger partial charge < -0.3 is 20.4 Å². The van der Waals surface area contributed by atoms with Crippen LogP contribution in [0.2, 0.25) is 0 Å². The van der Waals surface area contributed by atoms with Gasteiger partial charge in [0.15, 0.2) is 11.7 Å². The first-order chi connectivity index (χ1) is 13.5. The van der Waals surface area contributed by atoms with E-state index in [0.717, 1.165) is 49.5 Å². The molecule has 1 saturated heterocycles. The SMILES string of the molecule is CCc1ccccc1NC(=O)C[NH+]1CCN(C(=S)Nc2ccc(F)cc2)CC1. The van der Waals surface area contributed by atoms with Crippen LogP contribution in [0.25, 0.3) is 0 Å². The summed E-state index contributed by atoms with van der Waals surface area (Å²) >= 11 is 5.46. The number of halogens is 1. The Kier molecular flexibility index (Phi) is 6.95. The number of amides is 1. The van der Waals surface area contributed by atoms with Crippen LogP contribution >= 0.6 is 12.2 Å². The predicted molar refractivity (Wildman–Crippen MR) is 114 cm³/mol. The van der Waals surface area contributed by atoms with Gasteiger partial charge in [0.1, 0.15) is 5.82 Å². The number of benzene rings is 2. The first-order valence-corrected chi connectivity index (χ1v) is 9.99. The molecule has 2 aromatic rings. The van der Waals surface area contributed by atoms with Crippen LogP contribution in [-0.2, 0) is 11.2 Å². The Balaban J connectivity index is 1.45. The Labute approximate surface area is 170 Å². The molecular formula is C21H26FN4OS+. The average molecular weight is 402 g/mol. The third-order valence-electron chi connectivity index (χ3n) is 4.94. The summed E-state index contributed by atoms with van der Waals surface area (Å²) in [5.41, 5.74) is 2.82. The van der Waals surface area contributed by atoms with Gasteiger partial charge in [-0.25, -0.2) is 4.39 Å². The largest absolute Gasteiger partial charge is 0.338 e. The number of quaternary nitrogens is 1. The molecule has 0 saturated carbocycles. The lowest BCUT2D eigenvalue weighted by Gasteiger charge is -2.33. The van der Waals surface area contributed by atoms with E-state index in [0.29, 0.717) is 11.7 Å². The van der Waals surface area contributed by atoms with Crippen molar-refractivity contribution >= 4 is 34.6 Å². The number of thiocarbonyl (C=S) groups is 1. The van der Waals surface area contributed by atoms with Crippen molar-refractivity contribution in [1.29, 1.82) is 0 Å². The molecule has 1 aliphatic heterocycles. The highest BCUT2D eigenvalue weighted by Gasteiger charge is 2.24. The van der Waals surface area contributed by atoms with Crippen LogP contribution in [-0.4, -0.2) is 48.6 Å². The number of para-hydroxylation sites is 1. The fraction of sp³-hybridized carbons (Fsp3) is 0.333. The quantitative estimate of drug-likeness (QED) is 0.670. The van der Waals surface area contributed by atoms with Crippen molar-refractivity contribution in [2.45, 2.75) is 13.3 Å². The second kappa shape index (κ2) is 9.61. The zero-order chi connectivity index (χ0) is 19.9. The van der Waals surface area contributed by atoms with E-state index in [1.165, 1.54) is 17.0 Å². The Morgan fingerprint density at radius 1 is 1.11 bits per heavy atom. The summed E-state index contributed by atoms with van der Waals surface area (Å²) in [6, 6.07) is 14.1. The molecule has 3 rings (SSSR count). The van der Waals surface area contributed by atoms with Gasteiger partial charge in [0.2, 0.25) is 0 Å². The van der Waals surface area contributed by atoms with Gasteiger partial charge in [-0.3, -0.25) is 4.79 Å². The van der Waals surface area contributed by atoms with Crippen molar-refractivity contribution in [3.8, 4) is 0 Å². The number of hydrogen-bond acceptors (Lipinski definition) is 2. The van der Waals surface area contributed by atoms with Crippen LogP contribution in [0.15, 0.2) is 48.5 Å². The van der Waals surface area contributed by atoms with Gasteiger partial charge >= 0.3 is 0 Å². The summed E-state index contributed by atoms with van der Waals surface area (Å²) in [5.74, 6) is -0.232. The molecule has 0 aromatic heterocycles. The predicted octanol–water partition coefficient (Wildman–Crippen LogP) is 1.92. The number of carbonyl (C=O) groups excluding carboxylic acids is 1. The molecule has 0 atom stereocenters. The van der Waals surface area contributed by atoms with Gasteiger partial charge in [-0.1, -0.05) is 25.1 Å². The number of nitrogens with zero attached hydrogens (tertiary/aromatic N) is 1. The summed E-state index contributed by atoms with van der Waals surface area (Å²) in [6.45, 7) is 5.77. The summed E-state index contributed by atoms with van der Waals surface area (Å²) in [6.07, 6.45) is 0.889. The second-order valence-corrected chi connectivity index (χ2v) is 7.30. The van der Waals surface area contributed by atoms with Crippen molar-refractivity contribution in [3.63, 3.8) is 0 Å². The number of rotatable bonds is 5. The Hall–Kier alpha value is -2.51. The fourth-order valence-corrected chi connectivity index (χ4v) is 3.61. The molecule has 2 aromatic carbocycles. The highest BCUT2D eigenvalue weighted by Crippen LogP contribution is 2.15. The van der Waals surface area contributed by atoms with E-state index in [2.05, 4.69) is 22.5 Å². The summed E-state index contributed by atoms with van der Waals surface area (Å²) in [5, 5.41) is 6.81. The maximum Gasteiger partial charge on any atom is 0.279 e. The molecule has 0 spiro atoms. The van der Waals surface area contributed by atoms with Gasteiger partial charge in [-0.05, 0) is 54.5 Å². The Morgan fingerprint density at radius 3 is 2.46 bits per heavy atom. The first kappa shape index (κ1) is 20.2. The molecule has 0 aliphatic carbocycles. The summed E-state index contributed by atoms with van der Waals surface area (Å²) in [4.78, 5) is 15.8. The molecule has 1 aliphatic rings. The van der Waals surface area contributed by atoms with E-state index in [1.807, 2.05) is 24.3 Å². The zero-order valence-corrected chi connectivity index (χ0v) is 16.8. The van der Waals surface area contributed by atoms with Crippen LogP contribution in [0.4, 0.5) is 15.8 Å². The molecule has 0 radical (unpaired) electrons. The second-order valence-electron chi connectivity index (χ2n) is 6.91. The minimum absolute atomic E-state index is 0.0383. The highest BCUT2D eigenvalue weighted by atomic mass is 32.1. The van der Waals surface area contributed by atoms with E-state index in [4.69, 9.17) is 12.2 Å². The van der Waals surface area contributed by atoms with Crippen molar-refractivity contribution < 1.29 is 14.1 Å². The molecule has 1 fully saturated rings. The van der Waals surface area contributed by atoms with E-state index in [1.54, 1.807) is 12.1 Å². The number of anilines is 2. The van der Waals surface area contributed by atoms with Crippen molar-refractivity contribution in [3.05, 3.63) is 59.9 Å². The fourth-order valence-electron chi connectivity index (χ4n) is 3.31. The van der Waals surface area contributed by atoms with Gasteiger partial charge in [0.05, 0.1) is 26.2 Å². The van der Waals surface area contributed by atoms with Crippen LogP contribution in [0.1, 0.15) is 12.5 Å². The summed E-state index contributed by atoms with van der Waals surface area (Å²) < 4.78 is 13.0. The van der Waals surface area contributed by atoms with Gasteiger partial charge in [-0.2, -0.15) is 0 Å². The van der Waals surface area contributed by atoms with Gasteiger partial charge in [0.25, 0.3) is 5.91 Å². The van der Waals surface area contributed by atoms with E-state index >= 15 is 0 Å². The van der Waals surface area contributed by atoms with Crippen LogP contribution < -0.4 is 15.5 Å². The normalized spacial score (nSPS) is 14.6. The number of aryl methyl sites for hydroxylation is 1. The molecule has 7 heteroatoms. The first-order valence-electron chi connectivity index (χ1n) is 9.58. The zero-order valence-electron chi connectivity index (χ0n) is 16.0. The maximum atomic E-state index is 13.0. The van der Waals surface area contributed by atoms with Crippen molar-refractivity contribution in [2.75, 3.05) is 43.4 Å². The summed E-state index contributed by atoms with van der Waals surface area (Å²) in [7, 11) is 0. The molecule has 1 amide bonds. The van der Waals surface area contributed by atoms with E-state index < -0.39 is 0 Å². The lowest BCUT2D eigenvalue weighted by molar-refractivity contribution is -0.895. The lowest BCUT2D eigenvalue weighted by Crippen LogP contribution is -3.15. The minimum atomic E-state index is -0.270. The van der Waals surface area contributed by atoms with Gasteiger partial charge in [0, 0.05) is 11.4 Å². The molecule has 148 valence electrons. The van der Waals surface area contributed by atoms with Crippen molar-refractivity contribution in [1.82, 2.24) is 4.90 Å². The topological polar surface area (TPSA) is 48.8 Å². The highest BCUT2D eigenvalue weighted by molar-refractivity contribution is 7.80. The Morgan fingerprint density at radius 2 is 1.79 bits per heavy atom. The smallest absolute Gasteiger partial charge is 0.279 e. The van der Waals surface area contributed by atoms with Crippen LogP contribution in [0.3, 0.4) is 0 Å². The van der Waals surface area contributed by atoms with E-state index in [9.17, 15) is 9.18 Å². The number of carbonyl (C=O) groups is 1. The third kappa shape index (κ3) is 5.50. The molecular weight excluding hydrogens is 375 g/mol. The monoisotopic (exact) mass is 401 g/mol. The maximum absolute atomic E-state index is 13.0. The Bertz CT molecular complexity index is 819. The molecule has 0 unspecified atom stereocenters. The van der Waals surface area contributed by atoms with Crippen molar-refractivity contribution in [2.24, 2.45) is 0 Å².